The van der Waals surface area contributed by atoms with Crippen LogP contribution in [0.2, 0.25) is 0 Å². The summed E-state index contributed by atoms with van der Waals surface area (Å²) in [5, 5.41) is 9.16. The molecular weight excluding hydrogens is 244 g/mol. The van der Waals surface area contributed by atoms with Crippen molar-refractivity contribution in [2.24, 2.45) is 0 Å². The summed E-state index contributed by atoms with van der Waals surface area (Å²) in [6, 6.07) is 9.06. The molecule has 2 aromatic rings. The molecule has 0 fully saturated rings. The van der Waals surface area contributed by atoms with E-state index >= 15 is 0 Å². The van der Waals surface area contributed by atoms with Crippen LogP contribution in [-0.2, 0) is 0 Å². The van der Waals surface area contributed by atoms with Crippen LogP contribution in [0.5, 0.6) is 5.75 Å². The molecule has 19 heavy (non-hydrogen) atoms. The number of methoxy groups -OCH3 is 1. The Bertz CT molecular complexity index is 581. The SMILES string of the molecule is COc1ccc(N(C)c2ccncc2C(=O)O)cc1. The highest BCUT2D eigenvalue weighted by Gasteiger charge is 2.14. The van der Waals surface area contributed by atoms with Crippen LogP contribution in [-0.4, -0.2) is 30.2 Å². The van der Waals surface area contributed by atoms with E-state index in [2.05, 4.69) is 4.98 Å². The lowest BCUT2D eigenvalue weighted by atomic mass is 10.2. The quantitative estimate of drug-likeness (QED) is 0.913. The molecule has 0 aliphatic heterocycles. The lowest BCUT2D eigenvalue weighted by Crippen LogP contribution is -2.14. The van der Waals surface area contributed by atoms with Gasteiger partial charge in [-0.15, -0.1) is 0 Å². The van der Waals surface area contributed by atoms with Crippen molar-refractivity contribution in [1.82, 2.24) is 4.98 Å². The largest absolute Gasteiger partial charge is 0.497 e. The van der Waals surface area contributed by atoms with Crippen molar-refractivity contribution in [1.29, 1.82) is 0 Å². The van der Waals surface area contributed by atoms with E-state index in [1.165, 1.54) is 6.20 Å². The molecule has 1 N–H and O–H groups in total. The second kappa shape index (κ2) is 5.39. The summed E-state index contributed by atoms with van der Waals surface area (Å²) >= 11 is 0. The maximum absolute atomic E-state index is 11.2. The molecule has 0 aliphatic rings. The molecule has 0 radical (unpaired) electrons. The second-order valence-electron chi connectivity index (χ2n) is 3.96. The molecule has 0 saturated heterocycles. The molecule has 5 heteroatoms. The first kappa shape index (κ1) is 12.9. The van der Waals surface area contributed by atoms with E-state index in [-0.39, 0.29) is 5.56 Å². The van der Waals surface area contributed by atoms with E-state index in [1.807, 2.05) is 31.3 Å². The van der Waals surface area contributed by atoms with Gasteiger partial charge in [-0.05, 0) is 30.3 Å². The lowest BCUT2D eigenvalue weighted by molar-refractivity contribution is 0.0697. The van der Waals surface area contributed by atoms with Gasteiger partial charge in [-0.25, -0.2) is 4.79 Å². The molecule has 0 saturated carbocycles. The monoisotopic (exact) mass is 258 g/mol. The van der Waals surface area contributed by atoms with Crippen molar-refractivity contribution in [2.75, 3.05) is 19.1 Å². The van der Waals surface area contributed by atoms with Gasteiger partial charge >= 0.3 is 5.97 Å². The Kier molecular flexibility index (Phi) is 3.66. The first-order valence-electron chi connectivity index (χ1n) is 5.68. The second-order valence-corrected chi connectivity index (χ2v) is 3.96. The number of carboxylic acids is 1. The molecule has 2 rings (SSSR count). The van der Waals surface area contributed by atoms with Crippen molar-refractivity contribution in [3.63, 3.8) is 0 Å². The maximum Gasteiger partial charge on any atom is 0.339 e. The van der Waals surface area contributed by atoms with Crippen LogP contribution in [0, 0.1) is 0 Å². The fraction of sp³-hybridized carbons (Fsp3) is 0.143. The molecule has 5 nitrogen and oxygen atoms in total. The van der Waals surface area contributed by atoms with Crippen LogP contribution in [0.1, 0.15) is 10.4 Å². The normalized spacial score (nSPS) is 10.0. The summed E-state index contributed by atoms with van der Waals surface area (Å²) in [5.74, 6) is -0.242. The summed E-state index contributed by atoms with van der Waals surface area (Å²) in [7, 11) is 3.41. The Morgan fingerprint density at radius 2 is 1.95 bits per heavy atom. The molecule has 0 aliphatic carbocycles. The topological polar surface area (TPSA) is 62.7 Å². The fourth-order valence-electron chi connectivity index (χ4n) is 1.79. The zero-order chi connectivity index (χ0) is 13.8. The van der Waals surface area contributed by atoms with Gasteiger partial charge in [0.15, 0.2) is 0 Å². The average molecular weight is 258 g/mol. The molecule has 0 unspecified atom stereocenters. The predicted molar refractivity (Wildman–Crippen MR) is 72.3 cm³/mol. The number of aromatic carboxylic acids is 1. The molecule has 0 spiro atoms. The molecule has 1 heterocycles. The number of benzene rings is 1. The number of hydrogen-bond donors (Lipinski definition) is 1. The third-order valence-electron chi connectivity index (χ3n) is 2.85. The first-order chi connectivity index (χ1) is 9.13. The summed E-state index contributed by atoms with van der Waals surface area (Å²) < 4.78 is 5.09. The van der Waals surface area contributed by atoms with E-state index in [1.54, 1.807) is 24.3 Å². The van der Waals surface area contributed by atoms with Gasteiger partial charge < -0.3 is 14.7 Å². The van der Waals surface area contributed by atoms with Gasteiger partial charge in [0.25, 0.3) is 0 Å². The van der Waals surface area contributed by atoms with Gasteiger partial charge in [0.05, 0.1) is 12.8 Å². The summed E-state index contributed by atoms with van der Waals surface area (Å²) in [6.45, 7) is 0. The smallest absolute Gasteiger partial charge is 0.339 e. The maximum atomic E-state index is 11.2. The lowest BCUT2D eigenvalue weighted by Gasteiger charge is -2.21. The van der Waals surface area contributed by atoms with Crippen molar-refractivity contribution >= 4 is 17.3 Å². The summed E-state index contributed by atoms with van der Waals surface area (Å²) in [4.78, 5) is 16.8. The number of hydrogen-bond acceptors (Lipinski definition) is 4. The van der Waals surface area contributed by atoms with Gasteiger partial charge in [-0.1, -0.05) is 0 Å². The molecule has 1 aromatic carbocycles. The van der Waals surface area contributed by atoms with E-state index in [0.29, 0.717) is 5.69 Å². The summed E-state index contributed by atoms with van der Waals surface area (Å²) in [5.41, 5.74) is 1.63. The number of carbonyl (C=O) groups is 1. The van der Waals surface area contributed by atoms with Gasteiger partial charge in [0, 0.05) is 25.1 Å². The zero-order valence-electron chi connectivity index (χ0n) is 10.7. The minimum absolute atomic E-state index is 0.167. The Labute approximate surface area is 111 Å². The number of ether oxygens (including phenoxy) is 1. The van der Waals surface area contributed by atoms with Gasteiger partial charge in [0.1, 0.15) is 11.3 Å². The minimum Gasteiger partial charge on any atom is -0.497 e. The van der Waals surface area contributed by atoms with Crippen LogP contribution < -0.4 is 9.64 Å². The van der Waals surface area contributed by atoms with Crippen LogP contribution in [0.15, 0.2) is 42.7 Å². The standard InChI is InChI=1S/C14H14N2O3/c1-16(10-3-5-11(19-2)6-4-10)13-7-8-15-9-12(13)14(17)18/h3-9H,1-2H3,(H,17,18). The van der Waals surface area contributed by atoms with Crippen LogP contribution in [0.25, 0.3) is 0 Å². The molecule has 0 bridgehead atoms. The molecule has 98 valence electrons. The fourth-order valence-corrected chi connectivity index (χ4v) is 1.79. The Morgan fingerprint density at radius 1 is 1.26 bits per heavy atom. The zero-order valence-corrected chi connectivity index (χ0v) is 10.7. The van der Waals surface area contributed by atoms with E-state index in [9.17, 15) is 4.79 Å². The van der Waals surface area contributed by atoms with Crippen molar-refractivity contribution in [2.45, 2.75) is 0 Å². The minimum atomic E-state index is -0.997. The highest BCUT2D eigenvalue weighted by molar-refractivity contribution is 5.95. The Morgan fingerprint density at radius 3 is 2.53 bits per heavy atom. The van der Waals surface area contributed by atoms with Gasteiger partial charge in [-0.3, -0.25) is 4.98 Å². The number of rotatable bonds is 4. The highest BCUT2D eigenvalue weighted by Crippen LogP contribution is 2.27. The van der Waals surface area contributed by atoms with Crippen LogP contribution in [0.3, 0.4) is 0 Å². The van der Waals surface area contributed by atoms with Gasteiger partial charge in [0.2, 0.25) is 0 Å². The molecule has 0 atom stereocenters. The molecule has 1 aromatic heterocycles. The Hall–Kier alpha value is -2.56. The number of nitrogens with zero attached hydrogens (tertiary/aromatic N) is 2. The van der Waals surface area contributed by atoms with Crippen LogP contribution >= 0.6 is 0 Å². The van der Waals surface area contributed by atoms with Crippen LogP contribution in [0.4, 0.5) is 11.4 Å². The van der Waals surface area contributed by atoms with Gasteiger partial charge in [-0.2, -0.15) is 0 Å². The number of carboxylic acid groups (broad SMARTS) is 1. The van der Waals surface area contributed by atoms with E-state index in [0.717, 1.165) is 11.4 Å². The third kappa shape index (κ3) is 2.65. The number of aromatic nitrogens is 1. The van der Waals surface area contributed by atoms with E-state index < -0.39 is 5.97 Å². The first-order valence-corrected chi connectivity index (χ1v) is 5.68. The van der Waals surface area contributed by atoms with E-state index in [4.69, 9.17) is 9.84 Å². The van der Waals surface area contributed by atoms with Crippen molar-refractivity contribution in [3.05, 3.63) is 48.3 Å². The predicted octanol–water partition coefficient (Wildman–Crippen LogP) is 2.56. The molecule has 0 amide bonds. The average Bonchev–Trinajstić information content (AvgIpc) is 2.46. The Balaban J connectivity index is 2.37. The highest BCUT2D eigenvalue weighted by atomic mass is 16.5. The third-order valence-corrected chi connectivity index (χ3v) is 2.85. The number of anilines is 2. The van der Waals surface area contributed by atoms with Crippen molar-refractivity contribution < 1.29 is 14.6 Å². The van der Waals surface area contributed by atoms with Crippen molar-refractivity contribution in [3.8, 4) is 5.75 Å². The summed E-state index contributed by atoms with van der Waals surface area (Å²) in [6.07, 6.45) is 2.92. The molecular formula is C14H14N2O3. The number of pyridine rings is 1.